The van der Waals surface area contributed by atoms with Gasteiger partial charge in [0, 0.05) is 29.7 Å². The molecule has 2 aromatic heterocycles. The smallest absolute Gasteiger partial charge is 0.270 e. The standard InChI is InChI=1S/C17H19BrN4O2/c1-3-17(4-2)9-20-16(24)14(17)22-15(23)12-6-5-10-7-19-8-11(18)13(10)21-12/h5-8,14H,3-4,9H2,1-2H3,(H,20,24)(H,22,23). The predicted octanol–water partition coefficient (Wildman–Crippen LogP) is 2.43. The predicted molar refractivity (Wildman–Crippen MR) is 94.5 cm³/mol. The van der Waals surface area contributed by atoms with Crippen LogP contribution in [0.1, 0.15) is 37.2 Å². The molecule has 0 spiro atoms. The molecule has 0 radical (unpaired) electrons. The van der Waals surface area contributed by atoms with Crippen molar-refractivity contribution in [1.82, 2.24) is 20.6 Å². The van der Waals surface area contributed by atoms with Crippen LogP contribution in [0.25, 0.3) is 10.9 Å². The van der Waals surface area contributed by atoms with Gasteiger partial charge in [-0.15, -0.1) is 0 Å². The van der Waals surface area contributed by atoms with E-state index >= 15 is 0 Å². The van der Waals surface area contributed by atoms with Crippen molar-refractivity contribution in [3.05, 3.63) is 34.7 Å². The average Bonchev–Trinajstić information content (AvgIpc) is 2.92. The number of amides is 2. The van der Waals surface area contributed by atoms with Crippen molar-refractivity contribution in [1.29, 1.82) is 0 Å². The lowest BCUT2D eigenvalue weighted by Crippen LogP contribution is -2.49. The molecule has 1 atom stereocenters. The third-order valence-corrected chi connectivity index (χ3v) is 5.54. The molecule has 1 saturated heterocycles. The first-order chi connectivity index (χ1) is 11.5. The monoisotopic (exact) mass is 390 g/mol. The molecule has 0 saturated carbocycles. The fourth-order valence-electron chi connectivity index (χ4n) is 3.21. The van der Waals surface area contributed by atoms with Gasteiger partial charge in [-0.05, 0) is 40.9 Å². The zero-order chi connectivity index (χ0) is 17.3. The molecule has 1 aliphatic heterocycles. The van der Waals surface area contributed by atoms with Crippen LogP contribution in [-0.2, 0) is 4.79 Å². The van der Waals surface area contributed by atoms with Crippen molar-refractivity contribution in [3.63, 3.8) is 0 Å². The van der Waals surface area contributed by atoms with Crippen molar-refractivity contribution < 1.29 is 9.59 Å². The van der Waals surface area contributed by atoms with E-state index in [1.165, 1.54) is 0 Å². The summed E-state index contributed by atoms with van der Waals surface area (Å²) in [6.45, 7) is 4.68. The summed E-state index contributed by atoms with van der Waals surface area (Å²) in [6, 6.07) is 2.92. The molecular weight excluding hydrogens is 372 g/mol. The third kappa shape index (κ3) is 2.77. The summed E-state index contributed by atoms with van der Waals surface area (Å²) in [6.07, 6.45) is 4.96. The lowest BCUT2D eigenvalue weighted by Gasteiger charge is -2.31. The van der Waals surface area contributed by atoms with Gasteiger partial charge in [-0.1, -0.05) is 13.8 Å². The molecule has 24 heavy (non-hydrogen) atoms. The van der Waals surface area contributed by atoms with Gasteiger partial charge in [0.1, 0.15) is 11.7 Å². The Hall–Kier alpha value is -2.02. The average molecular weight is 391 g/mol. The lowest BCUT2D eigenvalue weighted by molar-refractivity contribution is -0.121. The Labute approximate surface area is 148 Å². The first-order valence-corrected chi connectivity index (χ1v) is 8.79. The van der Waals surface area contributed by atoms with Crippen LogP contribution in [0.3, 0.4) is 0 Å². The number of hydrogen-bond donors (Lipinski definition) is 2. The number of hydrogen-bond acceptors (Lipinski definition) is 4. The quantitative estimate of drug-likeness (QED) is 0.839. The van der Waals surface area contributed by atoms with Crippen LogP contribution in [0.15, 0.2) is 29.0 Å². The van der Waals surface area contributed by atoms with E-state index in [0.717, 1.165) is 22.7 Å². The number of carbonyl (C=O) groups excluding carboxylic acids is 2. The molecule has 6 nitrogen and oxygen atoms in total. The minimum absolute atomic E-state index is 0.127. The van der Waals surface area contributed by atoms with E-state index < -0.39 is 6.04 Å². The van der Waals surface area contributed by atoms with E-state index in [9.17, 15) is 9.59 Å². The normalized spacial score (nSPS) is 19.3. The van der Waals surface area contributed by atoms with Crippen molar-refractivity contribution in [2.75, 3.05) is 6.54 Å². The lowest BCUT2D eigenvalue weighted by atomic mass is 9.77. The Kier molecular flexibility index (Phi) is 4.54. The maximum absolute atomic E-state index is 12.6. The summed E-state index contributed by atoms with van der Waals surface area (Å²) in [7, 11) is 0. The molecule has 1 aliphatic rings. The van der Waals surface area contributed by atoms with Gasteiger partial charge in [-0.25, -0.2) is 4.98 Å². The maximum Gasteiger partial charge on any atom is 0.270 e. The molecule has 2 N–H and O–H groups in total. The number of aromatic nitrogens is 2. The fraction of sp³-hybridized carbons (Fsp3) is 0.412. The molecule has 2 aromatic rings. The molecule has 2 amide bonds. The second-order valence-corrected chi connectivity index (χ2v) is 6.94. The van der Waals surface area contributed by atoms with Crippen LogP contribution in [-0.4, -0.2) is 34.4 Å². The van der Waals surface area contributed by atoms with E-state index in [1.807, 2.05) is 13.8 Å². The van der Waals surface area contributed by atoms with Crippen molar-refractivity contribution >= 4 is 38.6 Å². The number of carbonyl (C=O) groups is 2. The zero-order valence-corrected chi connectivity index (χ0v) is 15.2. The SMILES string of the molecule is CCC1(CC)CNC(=O)C1NC(=O)c1ccc2cncc(Br)c2n1. The van der Waals surface area contributed by atoms with Crippen LogP contribution in [0.4, 0.5) is 0 Å². The first-order valence-electron chi connectivity index (χ1n) is 7.99. The van der Waals surface area contributed by atoms with E-state index in [0.29, 0.717) is 12.1 Å². The highest BCUT2D eigenvalue weighted by Crippen LogP contribution is 2.34. The Morgan fingerprint density at radius 3 is 2.83 bits per heavy atom. The Bertz CT molecular complexity index is 804. The summed E-state index contributed by atoms with van der Waals surface area (Å²) >= 11 is 3.40. The minimum atomic E-state index is -0.529. The Morgan fingerprint density at radius 2 is 2.12 bits per heavy atom. The number of fused-ring (bicyclic) bond motifs is 1. The first kappa shape index (κ1) is 16.8. The van der Waals surface area contributed by atoms with Crippen molar-refractivity contribution in [2.45, 2.75) is 32.7 Å². The zero-order valence-electron chi connectivity index (χ0n) is 13.6. The number of nitrogens with one attached hydrogen (secondary N) is 2. The molecule has 3 rings (SSSR count). The Morgan fingerprint density at radius 1 is 1.38 bits per heavy atom. The van der Waals surface area contributed by atoms with E-state index in [-0.39, 0.29) is 22.9 Å². The van der Waals surface area contributed by atoms with E-state index in [2.05, 4.69) is 36.5 Å². The van der Waals surface area contributed by atoms with Crippen LogP contribution in [0.2, 0.25) is 0 Å². The van der Waals surface area contributed by atoms with Gasteiger partial charge in [0.05, 0.1) is 9.99 Å². The maximum atomic E-state index is 12.6. The van der Waals surface area contributed by atoms with Gasteiger partial charge in [0.25, 0.3) is 5.91 Å². The van der Waals surface area contributed by atoms with E-state index in [4.69, 9.17) is 0 Å². The molecule has 0 aromatic carbocycles. The van der Waals surface area contributed by atoms with Crippen molar-refractivity contribution in [3.8, 4) is 0 Å². The highest BCUT2D eigenvalue weighted by molar-refractivity contribution is 9.10. The van der Waals surface area contributed by atoms with Gasteiger partial charge < -0.3 is 10.6 Å². The molecule has 0 aliphatic carbocycles. The van der Waals surface area contributed by atoms with Crippen molar-refractivity contribution in [2.24, 2.45) is 5.41 Å². The van der Waals surface area contributed by atoms with Gasteiger partial charge in [0.15, 0.2) is 0 Å². The van der Waals surface area contributed by atoms with Gasteiger partial charge in [-0.3, -0.25) is 14.6 Å². The molecule has 3 heterocycles. The highest BCUT2D eigenvalue weighted by atomic mass is 79.9. The van der Waals surface area contributed by atoms with Crippen LogP contribution in [0, 0.1) is 5.41 Å². The number of nitrogens with zero attached hydrogens (tertiary/aromatic N) is 2. The summed E-state index contributed by atoms with van der Waals surface area (Å²) in [4.78, 5) is 33.3. The number of pyridine rings is 2. The fourth-order valence-corrected chi connectivity index (χ4v) is 3.65. The number of rotatable bonds is 4. The van der Waals surface area contributed by atoms with Crippen LogP contribution < -0.4 is 10.6 Å². The number of halogens is 1. The molecule has 1 fully saturated rings. The summed E-state index contributed by atoms with van der Waals surface area (Å²) in [5.41, 5.74) is 0.717. The van der Waals surface area contributed by atoms with Crippen LogP contribution >= 0.6 is 15.9 Å². The van der Waals surface area contributed by atoms with Gasteiger partial charge in [-0.2, -0.15) is 0 Å². The van der Waals surface area contributed by atoms with Gasteiger partial charge >= 0.3 is 0 Å². The molecule has 7 heteroatoms. The molecule has 126 valence electrons. The molecular formula is C17H19BrN4O2. The summed E-state index contributed by atoms with van der Waals surface area (Å²) in [5.74, 6) is -0.466. The van der Waals surface area contributed by atoms with E-state index in [1.54, 1.807) is 24.5 Å². The van der Waals surface area contributed by atoms with Crippen LogP contribution in [0.5, 0.6) is 0 Å². The highest BCUT2D eigenvalue weighted by Gasteiger charge is 2.46. The Balaban J connectivity index is 1.89. The second kappa shape index (κ2) is 6.47. The molecule has 1 unspecified atom stereocenters. The molecule has 0 bridgehead atoms. The third-order valence-electron chi connectivity index (χ3n) is 4.96. The topological polar surface area (TPSA) is 84.0 Å². The summed E-state index contributed by atoms with van der Waals surface area (Å²) in [5, 5.41) is 6.59. The largest absolute Gasteiger partial charge is 0.354 e. The second-order valence-electron chi connectivity index (χ2n) is 6.08. The van der Waals surface area contributed by atoms with Gasteiger partial charge in [0.2, 0.25) is 5.91 Å². The summed E-state index contributed by atoms with van der Waals surface area (Å²) < 4.78 is 0.727. The minimum Gasteiger partial charge on any atom is -0.354 e.